The third-order valence-corrected chi connectivity index (χ3v) is 3.75. The van der Waals surface area contributed by atoms with Crippen LogP contribution in [0.1, 0.15) is 32.6 Å². The molecule has 1 unspecified atom stereocenters. The van der Waals surface area contributed by atoms with Gasteiger partial charge in [-0.05, 0) is 44.9 Å². The molecule has 1 aliphatic rings. The zero-order valence-electron chi connectivity index (χ0n) is 11.2. The van der Waals surface area contributed by atoms with Crippen molar-refractivity contribution >= 4 is 5.69 Å². The Morgan fingerprint density at radius 2 is 2.17 bits per heavy atom. The smallest absolute Gasteiger partial charge is 0.146 e. The van der Waals surface area contributed by atoms with Gasteiger partial charge in [0.15, 0.2) is 0 Å². The molecule has 0 amide bonds. The molecule has 0 bridgehead atoms. The number of benzene rings is 1. The summed E-state index contributed by atoms with van der Waals surface area (Å²) in [5.41, 5.74) is 0.615. The van der Waals surface area contributed by atoms with Crippen molar-refractivity contribution in [1.29, 1.82) is 0 Å². The van der Waals surface area contributed by atoms with Crippen molar-refractivity contribution in [2.75, 3.05) is 25.0 Å². The summed E-state index contributed by atoms with van der Waals surface area (Å²) in [5, 5.41) is 3.17. The number of nitrogens with zero attached hydrogens (tertiary/aromatic N) is 1. The molecule has 1 aromatic carbocycles. The molecule has 1 heterocycles. The fraction of sp³-hybridized carbons (Fsp3) is 0.600. The van der Waals surface area contributed by atoms with Crippen LogP contribution >= 0.6 is 0 Å². The Bertz CT molecular complexity index is 367. The number of nitrogens with one attached hydrogen (secondary N) is 1. The molecule has 0 saturated carbocycles. The maximum absolute atomic E-state index is 13.4. The summed E-state index contributed by atoms with van der Waals surface area (Å²) in [6, 6.07) is 7.58. The summed E-state index contributed by atoms with van der Waals surface area (Å²) in [4.78, 5) is 2.55. The van der Waals surface area contributed by atoms with E-state index in [9.17, 15) is 4.39 Å². The Hall–Kier alpha value is -1.09. The lowest BCUT2D eigenvalue weighted by atomic mass is 10.0. The molecule has 2 nitrogen and oxygen atoms in total. The number of piperidine rings is 1. The second-order valence-electron chi connectivity index (χ2n) is 5.14. The second-order valence-corrected chi connectivity index (χ2v) is 5.14. The highest BCUT2D eigenvalue weighted by Crippen LogP contribution is 2.16. The molecule has 1 fully saturated rings. The highest BCUT2D eigenvalue weighted by atomic mass is 19.1. The van der Waals surface area contributed by atoms with Crippen LogP contribution in [0.5, 0.6) is 0 Å². The Balaban J connectivity index is 1.68. The first kappa shape index (κ1) is 13.3. The van der Waals surface area contributed by atoms with E-state index >= 15 is 0 Å². The highest BCUT2D eigenvalue weighted by molar-refractivity contribution is 5.44. The van der Waals surface area contributed by atoms with Crippen molar-refractivity contribution < 1.29 is 4.39 Å². The van der Waals surface area contributed by atoms with Crippen molar-refractivity contribution in [3.63, 3.8) is 0 Å². The number of hydrogen-bond acceptors (Lipinski definition) is 2. The van der Waals surface area contributed by atoms with Crippen LogP contribution in [0.25, 0.3) is 0 Å². The molecule has 0 aliphatic carbocycles. The minimum absolute atomic E-state index is 0.163. The first-order chi connectivity index (χ1) is 8.77. The number of anilines is 1. The molecule has 18 heavy (non-hydrogen) atoms. The number of rotatable bonds is 5. The van der Waals surface area contributed by atoms with Gasteiger partial charge in [0.05, 0.1) is 5.69 Å². The van der Waals surface area contributed by atoms with E-state index < -0.39 is 0 Å². The zero-order chi connectivity index (χ0) is 12.8. The van der Waals surface area contributed by atoms with Gasteiger partial charge in [0.25, 0.3) is 0 Å². The monoisotopic (exact) mass is 250 g/mol. The quantitative estimate of drug-likeness (QED) is 0.805. The molecule has 0 radical (unpaired) electrons. The predicted molar refractivity (Wildman–Crippen MR) is 74.4 cm³/mol. The molecule has 1 aliphatic heterocycles. The van der Waals surface area contributed by atoms with Crippen LogP contribution in [0.3, 0.4) is 0 Å². The topological polar surface area (TPSA) is 15.3 Å². The van der Waals surface area contributed by atoms with E-state index in [1.165, 1.54) is 31.9 Å². The lowest BCUT2D eigenvalue weighted by Crippen LogP contribution is -2.38. The van der Waals surface area contributed by atoms with Crippen molar-refractivity contribution in [3.05, 3.63) is 30.1 Å². The SMILES string of the molecule is CC1CCCCN1CCCNc1ccccc1F. The van der Waals surface area contributed by atoms with Crippen LogP contribution in [0.4, 0.5) is 10.1 Å². The van der Waals surface area contributed by atoms with Crippen molar-refractivity contribution in [2.24, 2.45) is 0 Å². The molecule has 1 N–H and O–H groups in total. The Labute approximate surface area is 109 Å². The van der Waals surface area contributed by atoms with Gasteiger partial charge in [-0.1, -0.05) is 18.6 Å². The average molecular weight is 250 g/mol. The van der Waals surface area contributed by atoms with Gasteiger partial charge in [0.2, 0.25) is 0 Å². The second kappa shape index (κ2) is 6.74. The van der Waals surface area contributed by atoms with Crippen LogP contribution in [-0.4, -0.2) is 30.6 Å². The Morgan fingerprint density at radius 3 is 2.94 bits per heavy atom. The maximum Gasteiger partial charge on any atom is 0.146 e. The molecular formula is C15H23FN2. The van der Waals surface area contributed by atoms with Gasteiger partial charge < -0.3 is 10.2 Å². The van der Waals surface area contributed by atoms with E-state index in [2.05, 4.69) is 17.1 Å². The summed E-state index contributed by atoms with van der Waals surface area (Å²) >= 11 is 0. The largest absolute Gasteiger partial charge is 0.383 e. The average Bonchev–Trinajstić information content (AvgIpc) is 2.38. The summed E-state index contributed by atoms with van der Waals surface area (Å²) in [5.74, 6) is -0.163. The van der Waals surface area contributed by atoms with Gasteiger partial charge >= 0.3 is 0 Å². The van der Waals surface area contributed by atoms with Crippen molar-refractivity contribution in [3.8, 4) is 0 Å². The van der Waals surface area contributed by atoms with Gasteiger partial charge in [-0.2, -0.15) is 0 Å². The molecule has 0 aromatic heterocycles. The molecule has 3 heteroatoms. The van der Waals surface area contributed by atoms with Gasteiger partial charge in [-0.25, -0.2) is 4.39 Å². The number of halogens is 1. The van der Waals surface area contributed by atoms with Crippen LogP contribution in [-0.2, 0) is 0 Å². The van der Waals surface area contributed by atoms with Crippen LogP contribution < -0.4 is 5.32 Å². The Kier molecular flexibility index (Phi) is 5.00. The minimum atomic E-state index is -0.163. The molecule has 0 spiro atoms. The van der Waals surface area contributed by atoms with E-state index in [1.807, 2.05) is 6.07 Å². The van der Waals surface area contributed by atoms with Crippen molar-refractivity contribution in [1.82, 2.24) is 4.90 Å². The Morgan fingerprint density at radius 1 is 1.33 bits per heavy atom. The molecule has 100 valence electrons. The van der Waals surface area contributed by atoms with E-state index in [4.69, 9.17) is 0 Å². The minimum Gasteiger partial charge on any atom is -0.383 e. The highest BCUT2D eigenvalue weighted by Gasteiger charge is 2.16. The van der Waals surface area contributed by atoms with E-state index in [-0.39, 0.29) is 5.82 Å². The fourth-order valence-corrected chi connectivity index (χ4v) is 2.60. The summed E-state index contributed by atoms with van der Waals surface area (Å²) in [7, 11) is 0. The standard InChI is InChI=1S/C15H23FN2/c1-13-7-4-5-11-18(13)12-6-10-17-15-9-3-2-8-14(15)16/h2-3,8-9,13,17H,4-7,10-12H2,1H3. The van der Waals surface area contributed by atoms with Gasteiger partial charge in [-0.15, -0.1) is 0 Å². The van der Waals surface area contributed by atoms with Crippen molar-refractivity contribution in [2.45, 2.75) is 38.6 Å². The number of hydrogen-bond donors (Lipinski definition) is 1. The molecule has 1 atom stereocenters. The van der Waals surface area contributed by atoms with Crippen LogP contribution in [0.2, 0.25) is 0 Å². The van der Waals surface area contributed by atoms with Crippen LogP contribution in [0.15, 0.2) is 24.3 Å². The normalized spacial score (nSPS) is 20.9. The number of para-hydroxylation sites is 1. The van der Waals surface area contributed by atoms with E-state index in [0.29, 0.717) is 11.7 Å². The van der Waals surface area contributed by atoms with Gasteiger partial charge in [0, 0.05) is 19.1 Å². The lowest BCUT2D eigenvalue weighted by molar-refractivity contribution is 0.160. The summed E-state index contributed by atoms with van der Waals surface area (Å²) < 4.78 is 13.4. The third kappa shape index (κ3) is 3.70. The van der Waals surface area contributed by atoms with Gasteiger partial charge in [0.1, 0.15) is 5.82 Å². The summed E-state index contributed by atoms with van der Waals surface area (Å²) in [6.07, 6.45) is 5.08. The lowest BCUT2D eigenvalue weighted by Gasteiger charge is -2.33. The molecule has 2 rings (SSSR count). The molecule has 1 saturated heterocycles. The van der Waals surface area contributed by atoms with E-state index in [0.717, 1.165) is 19.5 Å². The van der Waals surface area contributed by atoms with E-state index in [1.54, 1.807) is 12.1 Å². The first-order valence-corrected chi connectivity index (χ1v) is 7.00. The van der Waals surface area contributed by atoms with Crippen LogP contribution in [0, 0.1) is 5.82 Å². The van der Waals surface area contributed by atoms with Gasteiger partial charge in [-0.3, -0.25) is 0 Å². The zero-order valence-corrected chi connectivity index (χ0v) is 11.2. The first-order valence-electron chi connectivity index (χ1n) is 7.00. The number of likely N-dealkylation sites (tertiary alicyclic amines) is 1. The molecular weight excluding hydrogens is 227 g/mol. The summed E-state index contributed by atoms with van der Waals surface area (Å²) in [6.45, 7) is 5.48. The maximum atomic E-state index is 13.4. The third-order valence-electron chi connectivity index (χ3n) is 3.75. The molecule has 1 aromatic rings. The fourth-order valence-electron chi connectivity index (χ4n) is 2.60. The predicted octanol–water partition coefficient (Wildman–Crippen LogP) is 3.50.